The zero-order valence-corrected chi connectivity index (χ0v) is 41.3. The van der Waals surface area contributed by atoms with E-state index < -0.39 is 67.8 Å². The molecule has 0 aliphatic carbocycles. The predicted molar refractivity (Wildman–Crippen MR) is 246 cm³/mol. The summed E-state index contributed by atoms with van der Waals surface area (Å²) in [5.74, 6) is 0. The molecule has 0 saturated heterocycles. The standard InChI is InChI=1S/2C20H15F6.C12H7Si.2ClH.Zr/c2*1-3-12-4-5-13-6-11(2)7-17(13)18(12)14-8-15(19(21,22)23)10-16(9-14)20(24,25)26;1-3-7-11-9(5-1)10-6-2-4-8-12(10)13-11;;;/h2*4-10H,3H2,1-2H3;1-7H;2*1H;/q3*-1;;;+2/p-2. The van der Waals surface area contributed by atoms with E-state index in [1.165, 1.54) is 21.5 Å². The third-order valence-corrected chi connectivity index (χ3v) is 12.5. The van der Waals surface area contributed by atoms with Crippen LogP contribution in [0.2, 0.25) is 0 Å². The SMILES string of the molecule is CCc1ccc2[cH-]c(C)cc2c1-c1cc(C(F)(F)F)cc(C(F)(F)F)c1.CCc1ccc2[cH-]c(C)cc2c1-c1cc(C(F)(F)F)cc(C(F)(F)F)c1.[Cl][Zr][Cl].[c-]1cccc2c1[Si]c1ccccc1-2. The average Bonchev–Trinajstić information content (AvgIpc) is 3.97. The number of rotatable bonds is 4. The van der Waals surface area contributed by atoms with Crippen molar-refractivity contribution in [2.24, 2.45) is 0 Å². The van der Waals surface area contributed by atoms with E-state index in [1.807, 2.05) is 58.0 Å². The van der Waals surface area contributed by atoms with Crippen LogP contribution < -0.4 is 10.4 Å². The molecule has 16 heteroatoms. The number of halogens is 14. The molecule has 1 aliphatic rings. The quantitative estimate of drug-likeness (QED) is 0.0936. The van der Waals surface area contributed by atoms with Crippen LogP contribution in [0.5, 0.6) is 0 Å². The molecule has 0 aromatic heterocycles. The van der Waals surface area contributed by atoms with Gasteiger partial charge < -0.3 is 0 Å². The van der Waals surface area contributed by atoms with E-state index in [4.69, 9.17) is 17.0 Å². The summed E-state index contributed by atoms with van der Waals surface area (Å²) in [5.41, 5.74) is 1.48. The van der Waals surface area contributed by atoms with E-state index in [2.05, 4.69) is 42.5 Å². The van der Waals surface area contributed by atoms with Gasteiger partial charge in [0.05, 0.1) is 31.8 Å². The third kappa shape index (κ3) is 12.2. The Morgan fingerprint density at radius 3 is 1.28 bits per heavy atom. The predicted octanol–water partition coefficient (Wildman–Crippen LogP) is 16.8. The molecule has 0 saturated carbocycles. The summed E-state index contributed by atoms with van der Waals surface area (Å²) < 4.78 is 158. The van der Waals surface area contributed by atoms with Gasteiger partial charge in [0.1, 0.15) is 0 Å². The molecule has 0 bridgehead atoms. The summed E-state index contributed by atoms with van der Waals surface area (Å²) in [6.07, 6.45) is -18.5. The van der Waals surface area contributed by atoms with E-state index in [0.717, 1.165) is 55.7 Å². The second kappa shape index (κ2) is 21.2. The number of alkyl halides is 12. The molecule has 354 valence electrons. The van der Waals surface area contributed by atoms with Gasteiger partial charge in [0.2, 0.25) is 0 Å². The van der Waals surface area contributed by atoms with E-state index in [9.17, 15) is 52.7 Å². The zero-order chi connectivity index (χ0) is 49.9. The third-order valence-electron chi connectivity index (χ3n) is 11.1. The maximum atomic E-state index is 13.2. The molecule has 0 fully saturated rings. The average molecular weight is 1080 g/mol. The van der Waals surface area contributed by atoms with Gasteiger partial charge >= 0.3 is 62.6 Å². The first-order valence-electron chi connectivity index (χ1n) is 20.7. The maximum Gasteiger partial charge on any atom is 0.0920 e. The van der Waals surface area contributed by atoms with Crippen molar-refractivity contribution < 1.29 is 73.5 Å². The summed E-state index contributed by atoms with van der Waals surface area (Å²) in [7, 11) is 10.7. The first kappa shape index (κ1) is 52.7. The van der Waals surface area contributed by atoms with Crippen molar-refractivity contribution in [3.63, 3.8) is 0 Å². The van der Waals surface area contributed by atoms with Gasteiger partial charge in [-0.1, -0.05) is 85.0 Å². The minimum atomic E-state index is -4.86. The first-order chi connectivity index (χ1) is 31.9. The monoisotopic (exact) mass is 1080 g/mol. The van der Waals surface area contributed by atoms with Crippen molar-refractivity contribution in [2.45, 2.75) is 65.2 Å². The van der Waals surface area contributed by atoms with Gasteiger partial charge in [0, 0.05) is 0 Å². The number of hydrogen-bond donors (Lipinski definition) is 0. The molecular formula is C52H37Cl2F12SiZr-3. The van der Waals surface area contributed by atoms with E-state index >= 15 is 0 Å². The summed E-state index contributed by atoms with van der Waals surface area (Å²) >= 11 is -0.826. The van der Waals surface area contributed by atoms with Crippen molar-refractivity contribution in [1.29, 1.82) is 0 Å². The van der Waals surface area contributed by atoms with Crippen LogP contribution in [0.4, 0.5) is 52.7 Å². The number of benzene rings is 6. The van der Waals surface area contributed by atoms with Crippen LogP contribution in [-0.2, 0) is 58.4 Å². The van der Waals surface area contributed by atoms with Crippen molar-refractivity contribution in [2.75, 3.05) is 0 Å². The Morgan fingerprint density at radius 2 is 0.897 bits per heavy atom. The molecular weight excluding hydrogens is 1040 g/mol. The minimum absolute atomic E-state index is 0.0693. The van der Waals surface area contributed by atoms with Gasteiger partial charge in [0.15, 0.2) is 0 Å². The molecule has 1 heterocycles. The van der Waals surface area contributed by atoms with Crippen molar-refractivity contribution in [1.82, 2.24) is 0 Å². The molecule has 68 heavy (non-hydrogen) atoms. The Bertz CT molecular complexity index is 2780. The Hall–Kier alpha value is -4.62. The molecule has 0 unspecified atom stereocenters. The molecule has 9 rings (SSSR count). The smallest absolute Gasteiger partial charge is 0.0920 e. The van der Waals surface area contributed by atoms with Crippen molar-refractivity contribution in [3.8, 4) is 33.4 Å². The van der Waals surface area contributed by atoms with Crippen LogP contribution in [0.1, 0.15) is 58.4 Å². The Kier molecular flexibility index (Phi) is 16.4. The fourth-order valence-corrected chi connectivity index (χ4v) is 9.46. The summed E-state index contributed by atoms with van der Waals surface area (Å²) in [6.45, 7) is 7.31. The summed E-state index contributed by atoms with van der Waals surface area (Å²) in [4.78, 5) is 0. The fraction of sp³-hybridized carbons (Fsp3) is 0.192. The topological polar surface area (TPSA) is 0 Å². The summed E-state index contributed by atoms with van der Waals surface area (Å²) in [6, 6.07) is 36.1. The van der Waals surface area contributed by atoms with E-state index in [0.29, 0.717) is 45.9 Å². The Morgan fingerprint density at radius 1 is 0.515 bits per heavy atom. The minimum Gasteiger partial charge on any atom is -0.184 e. The maximum absolute atomic E-state index is 13.2. The van der Waals surface area contributed by atoms with Gasteiger partial charge in [0.25, 0.3) is 0 Å². The van der Waals surface area contributed by atoms with E-state index in [1.54, 1.807) is 24.3 Å². The summed E-state index contributed by atoms with van der Waals surface area (Å²) in [5, 5.41) is 5.73. The molecule has 0 N–H and O–H groups in total. The van der Waals surface area contributed by atoms with Crippen LogP contribution in [0.25, 0.3) is 54.9 Å². The number of aryl methyl sites for hydroxylation is 4. The fourth-order valence-electron chi connectivity index (χ4n) is 8.15. The molecule has 0 atom stereocenters. The normalized spacial score (nSPS) is 12.3. The van der Waals surface area contributed by atoms with Crippen LogP contribution in [0.3, 0.4) is 0 Å². The zero-order valence-electron chi connectivity index (χ0n) is 36.3. The van der Waals surface area contributed by atoms with Gasteiger partial charge in [-0.3, -0.25) is 0 Å². The van der Waals surface area contributed by atoms with Gasteiger partial charge in [-0.05, 0) is 60.4 Å². The van der Waals surface area contributed by atoms with Crippen LogP contribution in [-0.4, -0.2) is 9.52 Å². The van der Waals surface area contributed by atoms with Crippen LogP contribution in [0, 0.1) is 19.9 Å². The molecule has 8 aromatic carbocycles. The van der Waals surface area contributed by atoms with Crippen LogP contribution in [0.15, 0.2) is 127 Å². The first-order valence-corrected chi connectivity index (χ1v) is 28.0. The van der Waals surface area contributed by atoms with E-state index in [-0.39, 0.29) is 23.3 Å². The van der Waals surface area contributed by atoms with Gasteiger partial charge in [-0.15, -0.1) is 74.6 Å². The Balaban J connectivity index is 0.000000171. The van der Waals surface area contributed by atoms with Gasteiger partial charge in [-0.25, -0.2) is 0 Å². The molecule has 0 amide bonds. The second-order valence-electron chi connectivity index (χ2n) is 15.8. The van der Waals surface area contributed by atoms with Gasteiger partial charge in [-0.2, -0.15) is 94.3 Å². The second-order valence-corrected chi connectivity index (χ2v) is 20.8. The molecule has 0 nitrogen and oxygen atoms in total. The number of fused-ring (bicyclic) bond motifs is 5. The largest absolute Gasteiger partial charge is 0.184 e. The Labute approximate surface area is 406 Å². The number of hydrogen-bond acceptors (Lipinski definition) is 0. The molecule has 0 spiro atoms. The van der Waals surface area contributed by atoms with Crippen molar-refractivity contribution in [3.05, 3.63) is 178 Å². The molecule has 2 radical (unpaired) electrons. The van der Waals surface area contributed by atoms with Crippen molar-refractivity contribution >= 4 is 58.5 Å². The van der Waals surface area contributed by atoms with Crippen LogP contribution >= 0.6 is 17.0 Å². The molecule has 1 aliphatic heterocycles. The molecule has 8 aromatic rings.